The van der Waals surface area contributed by atoms with Crippen molar-refractivity contribution in [3.8, 4) is 11.3 Å². The van der Waals surface area contributed by atoms with Gasteiger partial charge in [0.25, 0.3) is 0 Å². The number of halogens is 2. The Morgan fingerprint density at radius 3 is 2.65 bits per heavy atom. The molecule has 1 aliphatic carbocycles. The number of nitrogens with zero attached hydrogens (tertiary/aromatic N) is 2. The number of hydrogen-bond donors (Lipinski definition) is 3. The molecule has 37 heavy (non-hydrogen) atoms. The topological polar surface area (TPSA) is 80.3 Å². The van der Waals surface area contributed by atoms with Gasteiger partial charge in [0.05, 0.1) is 21.8 Å². The summed E-state index contributed by atoms with van der Waals surface area (Å²) in [4.78, 5) is 9.33. The first-order valence-electron chi connectivity index (χ1n) is 13.8. The van der Waals surface area contributed by atoms with E-state index in [9.17, 15) is 0 Å². The molecular weight excluding hydrogens is 509 g/mol. The van der Waals surface area contributed by atoms with E-state index in [0.29, 0.717) is 39.8 Å². The molecule has 204 valence electrons. The van der Waals surface area contributed by atoms with E-state index < -0.39 is 0 Å². The van der Waals surface area contributed by atoms with Crippen molar-refractivity contribution in [1.82, 2.24) is 15.3 Å². The molecule has 7 nitrogen and oxygen atoms in total. The molecule has 1 aliphatic heterocycles. The average Bonchev–Trinajstić information content (AvgIpc) is 3.43. The zero-order chi connectivity index (χ0) is 26.0. The van der Waals surface area contributed by atoms with Crippen molar-refractivity contribution >= 4 is 34.8 Å². The molecule has 2 aromatic rings. The highest BCUT2D eigenvalue weighted by Crippen LogP contribution is 2.34. The van der Waals surface area contributed by atoms with Crippen LogP contribution in [0, 0.1) is 5.92 Å². The van der Waals surface area contributed by atoms with Crippen molar-refractivity contribution in [3.05, 3.63) is 34.4 Å². The summed E-state index contributed by atoms with van der Waals surface area (Å²) in [5.74, 6) is 2.05. The molecule has 1 saturated heterocycles. The highest BCUT2D eigenvalue weighted by Gasteiger charge is 2.23. The lowest BCUT2D eigenvalue weighted by Crippen LogP contribution is -2.40. The molecule has 0 aromatic carbocycles. The van der Waals surface area contributed by atoms with Gasteiger partial charge in [0.1, 0.15) is 11.6 Å². The number of hydrogen-bond acceptors (Lipinski definition) is 7. The molecule has 0 amide bonds. The number of anilines is 2. The van der Waals surface area contributed by atoms with Crippen LogP contribution in [0.4, 0.5) is 11.6 Å². The number of pyridine rings is 2. The Labute approximate surface area is 231 Å². The van der Waals surface area contributed by atoms with Crippen LogP contribution in [0.3, 0.4) is 0 Å². The maximum Gasteiger partial charge on any atom is 0.126 e. The standard InChI is InChI=1S/C28H41Cl2N5O2/c1-3-36-14-12-19(2)16-32-26-11-10-24(29)28(35-26)23-15-27(33-18-25(23)30)34-21-8-6-20(7-9-21)31-17-22-5-4-13-37-22/h10-11,15,18-22,31H,3-9,12-14,16-17H2,1-2H3,(H,32,35)(H,33,34)/t19?,20-,21-,22-/m1/s1. The summed E-state index contributed by atoms with van der Waals surface area (Å²) in [6.07, 6.45) is 9.94. The molecule has 0 radical (unpaired) electrons. The fourth-order valence-corrected chi connectivity index (χ4v) is 5.39. The highest BCUT2D eigenvalue weighted by atomic mass is 35.5. The zero-order valence-electron chi connectivity index (χ0n) is 22.1. The van der Waals surface area contributed by atoms with Gasteiger partial charge in [-0.3, -0.25) is 0 Å². The average molecular weight is 551 g/mol. The van der Waals surface area contributed by atoms with Crippen LogP contribution >= 0.6 is 23.2 Å². The maximum absolute atomic E-state index is 6.56. The quantitative estimate of drug-likeness (QED) is 0.249. The fraction of sp³-hybridized carbons (Fsp3) is 0.643. The van der Waals surface area contributed by atoms with E-state index in [1.807, 2.05) is 25.1 Å². The van der Waals surface area contributed by atoms with Crippen molar-refractivity contribution in [2.45, 2.75) is 77.0 Å². The van der Waals surface area contributed by atoms with Gasteiger partial charge in [-0.05, 0) is 76.0 Å². The Hall–Kier alpha value is -1.64. The Kier molecular flexibility index (Phi) is 11.1. The van der Waals surface area contributed by atoms with E-state index >= 15 is 0 Å². The number of ether oxygens (including phenoxy) is 2. The summed E-state index contributed by atoms with van der Waals surface area (Å²) in [6, 6.07) is 6.69. The van der Waals surface area contributed by atoms with Gasteiger partial charge in [-0.1, -0.05) is 30.1 Å². The molecule has 1 unspecified atom stereocenters. The number of rotatable bonds is 13. The Balaban J connectivity index is 1.32. The maximum atomic E-state index is 6.56. The third-order valence-electron chi connectivity index (χ3n) is 7.28. The lowest BCUT2D eigenvalue weighted by atomic mass is 9.91. The first-order chi connectivity index (χ1) is 18.0. The summed E-state index contributed by atoms with van der Waals surface area (Å²) in [7, 11) is 0. The second kappa shape index (κ2) is 14.5. The van der Waals surface area contributed by atoms with E-state index in [-0.39, 0.29) is 0 Å². The number of nitrogens with one attached hydrogen (secondary N) is 3. The second-order valence-corrected chi connectivity index (χ2v) is 11.1. The van der Waals surface area contributed by atoms with Crippen LogP contribution in [0.5, 0.6) is 0 Å². The normalized spacial score (nSPS) is 22.6. The molecule has 0 spiro atoms. The molecule has 2 aliphatic rings. The summed E-state index contributed by atoms with van der Waals surface area (Å²) in [5.41, 5.74) is 1.44. The first-order valence-corrected chi connectivity index (χ1v) is 14.5. The lowest BCUT2D eigenvalue weighted by Gasteiger charge is -2.30. The molecule has 1 saturated carbocycles. The monoisotopic (exact) mass is 549 g/mol. The molecule has 0 bridgehead atoms. The van der Waals surface area contributed by atoms with Crippen LogP contribution < -0.4 is 16.0 Å². The van der Waals surface area contributed by atoms with Crippen molar-refractivity contribution in [1.29, 1.82) is 0 Å². The summed E-state index contributed by atoms with van der Waals surface area (Å²) in [5, 5.41) is 11.8. The molecule has 3 heterocycles. The predicted octanol–water partition coefficient (Wildman–Crippen LogP) is 6.42. The van der Waals surface area contributed by atoms with Crippen molar-refractivity contribution in [2.75, 3.05) is 43.5 Å². The van der Waals surface area contributed by atoms with Gasteiger partial charge in [-0.15, -0.1) is 0 Å². The van der Waals surface area contributed by atoms with E-state index in [0.717, 1.165) is 82.2 Å². The smallest absolute Gasteiger partial charge is 0.126 e. The molecule has 2 aromatic heterocycles. The van der Waals surface area contributed by atoms with Gasteiger partial charge >= 0.3 is 0 Å². The lowest BCUT2D eigenvalue weighted by molar-refractivity contribution is 0.105. The fourth-order valence-electron chi connectivity index (χ4n) is 4.99. The van der Waals surface area contributed by atoms with Crippen molar-refractivity contribution < 1.29 is 9.47 Å². The zero-order valence-corrected chi connectivity index (χ0v) is 23.6. The van der Waals surface area contributed by atoms with Crippen LogP contribution in [-0.2, 0) is 9.47 Å². The Morgan fingerprint density at radius 2 is 1.89 bits per heavy atom. The summed E-state index contributed by atoms with van der Waals surface area (Å²) < 4.78 is 11.2. The highest BCUT2D eigenvalue weighted by molar-refractivity contribution is 6.36. The molecule has 9 heteroatoms. The molecule has 2 fully saturated rings. The largest absolute Gasteiger partial charge is 0.382 e. The summed E-state index contributed by atoms with van der Waals surface area (Å²) in [6.45, 7) is 8.43. The van der Waals surface area contributed by atoms with Crippen molar-refractivity contribution in [2.24, 2.45) is 5.92 Å². The first kappa shape index (κ1) is 28.4. The van der Waals surface area contributed by atoms with Gasteiger partial charge in [-0.25, -0.2) is 9.97 Å². The number of aromatic nitrogens is 2. The minimum absolute atomic E-state index is 0.386. The van der Waals surface area contributed by atoms with Crippen LogP contribution in [0.2, 0.25) is 10.0 Å². The van der Waals surface area contributed by atoms with E-state index in [4.69, 9.17) is 37.7 Å². The summed E-state index contributed by atoms with van der Waals surface area (Å²) >= 11 is 13.1. The Morgan fingerprint density at radius 1 is 1.08 bits per heavy atom. The molecular formula is C28H41Cl2N5O2. The van der Waals surface area contributed by atoms with Gasteiger partial charge in [0, 0.05) is 56.8 Å². The molecule has 4 rings (SSSR count). The second-order valence-electron chi connectivity index (χ2n) is 10.3. The van der Waals surface area contributed by atoms with E-state index in [1.165, 1.54) is 12.8 Å². The SMILES string of the molecule is CCOCCC(C)CNc1ccc(Cl)c(-c2cc(N[C@H]3CC[C@H](NC[C@H]4CCCO4)CC3)ncc2Cl)n1. The van der Waals surface area contributed by atoms with Gasteiger partial charge in [0.2, 0.25) is 0 Å². The molecule has 2 atom stereocenters. The minimum Gasteiger partial charge on any atom is -0.382 e. The van der Waals surface area contributed by atoms with Crippen LogP contribution in [0.1, 0.15) is 58.8 Å². The van der Waals surface area contributed by atoms with Gasteiger partial charge in [-0.2, -0.15) is 0 Å². The third kappa shape index (κ3) is 8.69. The van der Waals surface area contributed by atoms with Gasteiger partial charge < -0.3 is 25.4 Å². The van der Waals surface area contributed by atoms with E-state index in [1.54, 1.807) is 6.20 Å². The van der Waals surface area contributed by atoms with Gasteiger partial charge in [0.15, 0.2) is 0 Å². The van der Waals surface area contributed by atoms with Crippen LogP contribution in [0.15, 0.2) is 24.4 Å². The van der Waals surface area contributed by atoms with Crippen LogP contribution in [0.25, 0.3) is 11.3 Å². The minimum atomic E-state index is 0.386. The third-order valence-corrected chi connectivity index (χ3v) is 7.89. The van der Waals surface area contributed by atoms with E-state index in [2.05, 4.69) is 27.9 Å². The predicted molar refractivity (Wildman–Crippen MR) is 153 cm³/mol. The van der Waals surface area contributed by atoms with Crippen molar-refractivity contribution in [3.63, 3.8) is 0 Å². The van der Waals surface area contributed by atoms with Crippen LogP contribution in [-0.4, -0.2) is 61.1 Å². The Bertz CT molecular complexity index is 981. The molecule has 3 N–H and O–H groups in total.